The first-order chi connectivity index (χ1) is 16.0. The van der Waals surface area contributed by atoms with E-state index in [9.17, 15) is 4.79 Å². The number of aryl methyl sites for hydroxylation is 1. The lowest BCUT2D eigenvalue weighted by Crippen LogP contribution is -2.46. The van der Waals surface area contributed by atoms with Crippen LogP contribution >= 0.6 is 23.4 Å². The van der Waals surface area contributed by atoms with Crippen LogP contribution in [0, 0.1) is 6.92 Å². The zero-order valence-corrected chi connectivity index (χ0v) is 20.2. The highest BCUT2D eigenvalue weighted by Gasteiger charge is 2.19. The number of amides is 1. The number of aromatic nitrogens is 2. The topological polar surface area (TPSA) is 70.6 Å². The highest BCUT2D eigenvalue weighted by atomic mass is 35.5. The molecular formula is C24H26ClN5O2S. The van der Waals surface area contributed by atoms with E-state index in [4.69, 9.17) is 16.3 Å². The largest absolute Gasteiger partial charge is 0.497 e. The van der Waals surface area contributed by atoms with E-state index in [-0.39, 0.29) is 11.7 Å². The highest BCUT2D eigenvalue weighted by molar-refractivity contribution is 7.99. The van der Waals surface area contributed by atoms with E-state index in [1.54, 1.807) is 25.4 Å². The van der Waals surface area contributed by atoms with Crippen LogP contribution in [0.15, 0.2) is 59.9 Å². The lowest BCUT2D eigenvalue weighted by Gasteiger charge is -2.36. The molecule has 0 spiro atoms. The monoisotopic (exact) mass is 483 g/mol. The Balaban J connectivity index is 1.30. The third-order valence-electron chi connectivity index (χ3n) is 5.47. The van der Waals surface area contributed by atoms with Gasteiger partial charge in [-0.1, -0.05) is 29.4 Å². The summed E-state index contributed by atoms with van der Waals surface area (Å²) in [5, 5.41) is 4.08. The van der Waals surface area contributed by atoms with Crippen LogP contribution in [0.3, 0.4) is 0 Å². The zero-order valence-electron chi connectivity index (χ0n) is 18.6. The third kappa shape index (κ3) is 6.09. The maximum atomic E-state index is 12.4. The van der Waals surface area contributed by atoms with Crippen molar-refractivity contribution in [2.75, 3.05) is 54.2 Å². The van der Waals surface area contributed by atoms with Crippen molar-refractivity contribution in [2.45, 2.75) is 12.1 Å². The number of halogens is 1. The van der Waals surface area contributed by atoms with Crippen molar-refractivity contribution < 1.29 is 9.53 Å². The van der Waals surface area contributed by atoms with E-state index < -0.39 is 0 Å². The van der Waals surface area contributed by atoms with Crippen molar-refractivity contribution in [3.8, 4) is 5.75 Å². The number of methoxy groups -OCH3 is 1. The predicted octanol–water partition coefficient (Wildman–Crippen LogP) is 4.50. The molecule has 1 fully saturated rings. The number of nitrogens with zero attached hydrogens (tertiary/aromatic N) is 4. The Morgan fingerprint density at radius 2 is 1.82 bits per heavy atom. The molecule has 7 nitrogen and oxygen atoms in total. The minimum atomic E-state index is -0.118. The normalized spacial score (nSPS) is 13.7. The second-order valence-electron chi connectivity index (χ2n) is 7.67. The highest BCUT2D eigenvalue weighted by Crippen LogP contribution is 2.24. The number of nitrogens with one attached hydrogen (secondary N) is 1. The van der Waals surface area contributed by atoms with Crippen LogP contribution in [0.1, 0.15) is 5.56 Å². The summed E-state index contributed by atoms with van der Waals surface area (Å²) in [6.45, 7) is 5.46. The van der Waals surface area contributed by atoms with Gasteiger partial charge in [0.2, 0.25) is 5.91 Å². The molecule has 1 N–H and O–H groups in total. The molecule has 4 rings (SSSR count). The number of rotatable bonds is 7. The Labute approximate surface area is 203 Å². The lowest BCUT2D eigenvalue weighted by atomic mass is 10.2. The number of benzene rings is 2. The molecule has 9 heteroatoms. The number of carbonyl (C=O) groups is 1. The van der Waals surface area contributed by atoms with Gasteiger partial charge >= 0.3 is 0 Å². The fourth-order valence-electron chi connectivity index (χ4n) is 3.61. The summed E-state index contributed by atoms with van der Waals surface area (Å²) in [4.78, 5) is 26.0. The molecule has 1 saturated heterocycles. The SMILES string of the molecule is COc1ccc(N2CCN(c3ccnc(SCC(=O)Nc4cc(Cl)ccc4C)n3)CC2)cc1. The average molecular weight is 484 g/mol. The summed E-state index contributed by atoms with van der Waals surface area (Å²) < 4.78 is 5.24. The Bertz CT molecular complexity index is 1100. The summed E-state index contributed by atoms with van der Waals surface area (Å²) in [6.07, 6.45) is 1.75. The van der Waals surface area contributed by atoms with Crippen LogP contribution in [0.2, 0.25) is 5.02 Å². The standard InChI is InChI=1S/C24H26ClN5O2S/c1-17-3-4-18(25)15-21(17)27-23(31)16-33-24-26-10-9-22(28-24)30-13-11-29(12-14-30)19-5-7-20(32-2)8-6-19/h3-10,15H,11-14,16H2,1-2H3,(H,27,31). The van der Waals surface area contributed by atoms with E-state index in [0.29, 0.717) is 10.2 Å². The van der Waals surface area contributed by atoms with Gasteiger partial charge < -0.3 is 19.9 Å². The summed E-state index contributed by atoms with van der Waals surface area (Å²) in [5.74, 6) is 1.85. The molecule has 0 atom stereocenters. The van der Waals surface area contributed by atoms with Crippen molar-refractivity contribution in [3.63, 3.8) is 0 Å². The predicted molar refractivity (Wildman–Crippen MR) is 135 cm³/mol. The van der Waals surface area contributed by atoms with Crippen molar-refractivity contribution in [1.82, 2.24) is 9.97 Å². The Hall–Kier alpha value is -2.97. The summed E-state index contributed by atoms with van der Waals surface area (Å²) in [7, 11) is 1.68. The van der Waals surface area contributed by atoms with Gasteiger partial charge in [-0.25, -0.2) is 9.97 Å². The smallest absolute Gasteiger partial charge is 0.234 e. The minimum absolute atomic E-state index is 0.118. The number of anilines is 3. The molecule has 3 aromatic rings. The maximum Gasteiger partial charge on any atom is 0.234 e. The summed E-state index contributed by atoms with van der Waals surface area (Å²) in [5.41, 5.74) is 2.87. The number of ether oxygens (including phenoxy) is 1. The third-order valence-corrected chi connectivity index (χ3v) is 6.56. The van der Waals surface area contributed by atoms with E-state index in [1.807, 2.05) is 31.2 Å². The molecule has 1 amide bonds. The maximum absolute atomic E-state index is 12.4. The molecule has 0 radical (unpaired) electrons. The van der Waals surface area contributed by atoms with E-state index in [1.165, 1.54) is 17.4 Å². The van der Waals surface area contributed by atoms with Gasteiger partial charge in [-0.2, -0.15) is 0 Å². The fraction of sp³-hybridized carbons (Fsp3) is 0.292. The first-order valence-corrected chi connectivity index (χ1v) is 12.0. The van der Waals surface area contributed by atoms with Gasteiger partial charge in [0.05, 0.1) is 12.9 Å². The molecule has 0 saturated carbocycles. The van der Waals surface area contributed by atoms with Gasteiger partial charge in [0.25, 0.3) is 0 Å². The quantitative estimate of drug-likeness (QED) is 0.391. The second-order valence-corrected chi connectivity index (χ2v) is 9.04. The molecule has 2 aromatic carbocycles. The summed E-state index contributed by atoms with van der Waals surface area (Å²) in [6, 6.07) is 15.5. The first-order valence-electron chi connectivity index (χ1n) is 10.7. The van der Waals surface area contributed by atoms with Gasteiger partial charge in [-0.15, -0.1) is 0 Å². The van der Waals surface area contributed by atoms with Gasteiger partial charge in [0, 0.05) is 48.8 Å². The van der Waals surface area contributed by atoms with Gasteiger partial charge in [0.1, 0.15) is 11.6 Å². The van der Waals surface area contributed by atoms with Crippen LogP contribution in [0.4, 0.5) is 17.2 Å². The Morgan fingerprint density at radius 1 is 1.09 bits per heavy atom. The molecule has 0 unspecified atom stereocenters. The number of piperazine rings is 1. The molecule has 0 aliphatic carbocycles. The van der Waals surface area contributed by atoms with Crippen LogP contribution < -0.4 is 19.9 Å². The van der Waals surface area contributed by atoms with Crippen molar-refractivity contribution >= 4 is 46.5 Å². The van der Waals surface area contributed by atoms with Crippen LogP contribution in [-0.4, -0.2) is 54.9 Å². The van der Waals surface area contributed by atoms with Crippen molar-refractivity contribution in [3.05, 3.63) is 65.3 Å². The molecule has 1 aliphatic rings. The molecule has 172 valence electrons. The number of hydrogen-bond donors (Lipinski definition) is 1. The molecule has 0 bridgehead atoms. The molecule has 1 aromatic heterocycles. The van der Waals surface area contributed by atoms with Gasteiger partial charge in [-0.05, 0) is 55.0 Å². The van der Waals surface area contributed by atoms with Crippen LogP contribution in [0.5, 0.6) is 5.75 Å². The molecule has 1 aliphatic heterocycles. The fourth-order valence-corrected chi connectivity index (χ4v) is 4.41. The van der Waals surface area contributed by atoms with Crippen LogP contribution in [0.25, 0.3) is 0 Å². The summed E-state index contributed by atoms with van der Waals surface area (Å²) >= 11 is 7.35. The van der Waals surface area contributed by atoms with Crippen molar-refractivity contribution in [2.24, 2.45) is 0 Å². The lowest BCUT2D eigenvalue weighted by molar-refractivity contribution is -0.113. The average Bonchev–Trinajstić information content (AvgIpc) is 2.85. The first kappa shape index (κ1) is 23.2. The molecular weight excluding hydrogens is 458 g/mol. The van der Waals surface area contributed by atoms with Gasteiger partial charge in [0.15, 0.2) is 5.16 Å². The van der Waals surface area contributed by atoms with E-state index in [0.717, 1.165) is 49.0 Å². The number of hydrogen-bond acceptors (Lipinski definition) is 7. The Kier molecular flexibility index (Phi) is 7.57. The number of thioether (sulfide) groups is 1. The van der Waals surface area contributed by atoms with Gasteiger partial charge in [-0.3, -0.25) is 4.79 Å². The molecule has 33 heavy (non-hydrogen) atoms. The minimum Gasteiger partial charge on any atom is -0.497 e. The van der Waals surface area contributed by atoms with E-state index in [2.05, 4.69) is 37.2 Å². The van der Waals surface area contributed by atoms with Crippen molar-refractivity contribution in [1.29, 1.82) is 0 Å². The molecule has 2 heterocycles. The second kappa shape index (κ2) is 10.8. The Morgan fingerprint density at radius 3 is 2.55 bits per heavy atom. The zero-order chi connectivity index (χ0) is 23.2. The van der Waals surface area contributed by atoms with Crippen LogP contribution in [-0.2, 0) is 4.79 Å². The van der Waals surface area contributed by atoms with E-state index >= 15 is 0 Å². The number of carbonyl (C=O) groups excluding carboxylic acids is 1.